The molecule has 1 N–H and O–H groups in total. The molecule has 37 heavy (non-hydrogen) atoms. The normalized spacial score (nSPS) is 13.6. The first-order valence-electron chi connectivity index (χ1n) is 11.6. The quantitative estimate of drug-likeness (QED) is 0.197. The molecule has 1 amide bonds. The van der Waals surface area contributed by atoms with Gasteiger partial charge in [0, 0.05) is 11.5 Å². The summed E-state index contributed by atoms with van der Waals surface area (Å²) < 4.78 is 31.8. The summed E-state index contributed by atoms with van der Waals surface area (Å²) in [5.74, 6) is 3.29. The summed E-state index contributed by atoms with van der Waals surface area (Å²) >= 11 is 7.39. The van der Waals surface area contributed by atoms with Crippen LogP contribution in [0.15, 0.2) is 70.2 Å². The molecule has 6 nitrogen and oxygen atoms in total. The van der Waals surface area contributed by atoms with E-state index in [1.54, 1.807) is 24.3 Å². The second-order valence-electron chi connectivity index (χ2n) is 7.91. The number of carbonyl (C=O) groups excluding carboxylic acids is 1. The number of halogens is 2. The molecule has 3 aromatic rings. The lowest BCUT2D eigenvalue weighted by molar-refractivity contribution is -0.123. The van der Waals surface area contributed by atoms with E-state index in [1.807, 2.05) is 54.7 Å². The van der Waals surface area contributed by atoms with E-state index in [1.165, 1.54) is 35.4 Å². The van der Waals surface area contributed by atoms with Crippen molar-refractivity contribution in [3.05, 3.63) is 87.6 Å². The Hall–Kier alpha value is -2.69. The molecular formula is C27H26BrFN2O4S2. The van der Waals surface area contributed by atoms with Gasteiger partial charge >= 0.3 is 0 Å². The van der Waals surface area contributed by atoms with Gasteiger partial charge < -0.3 is 14.2 Å². The van der Waals surface area contributed by atoms with Crippen molar-refractivity contribution in [2.75, 3.05) is 24.7 Å². The van der Waals surface area contributed by atoms with E-state index < -0.39 is 0 Å². The first-order valence-corrected chi connectivity index (χ1v) is 14.5. The van der Waals surface area contributed by atoms with Crippen molar-refractivity contribution >= 4 is 51.6 Å². The predicted molar refractivity (Wildman–Crippen MR) is 151 cm³/mol. The molecule has 4 rings (SSSR count). The predicted octanol–water partition coefficient (Wildman–Crippen LogP) is 6.57. The van der Waals surface area contributed by atoms with Gasteiger partial charge in [0.25, 0.3) is 5.91 Å². The average molecular weight is 606 g/mol. The lowest BCUT2D eigenvalue weighted by atomic mass is 10.2. The number of carbonyl (C=O) groups is 1. The third kappa shape index (κ3) is 8.15. The van der Waals surface area contributed by atoms with Crippen LogP contribution in [0.25, 0.3) is 0 Å². The maximum atomic E-state index is 13.5. The van der Waals surface area contributed by atoms with Crippen LogP contribution < -0.4 is 19.6 Å². The summed E-state index contributed by atoms with van der Waals surface area (Å²) in [7, 11) is 0. The number of rotatable bonds is 11. The molecule has 0 aromatic heterocycles. The summed E-state index contributed by atoms with van der Waals surface area (Å²) in [6.07, 6.45) is 1.51. The third-order valence-electron chi connectivity index (χ3n) is 5.15. The Bertz CT molecular complexity index is 1240. The van der Waals surface area contributed by atoms with Crippen LogP contribution in [0.2, 0.25) is 0 Å². The standard InChI is InChI=1S/C27H26BrFN2O4S2/c1-2-33-24-14-19(13-23(28)26(24)35-16-18-4-3-5-21(29)12-18)15-30-31-25(32)17-34-22-8-6-20(7-9-22)27-36-10-11-37-27/h3-9,12-15,27H,2,10-11,16-17H2,1H3,(H,31,32)/b30-15-. The van der Waals surface area contributed by atoms with Gasteiger partial charge in [0.15, 0.2) is 18.1 Å². The molecule has 0 bridgehead atoms. The number of thioether (sulfide) groups is 2. The van der Waals surface area contributed by atoms with E-state index in [9.17, 15) is 9.18 Å². The zero-order chi connectivity index (χ0) is 26.0. The van der Waals surface area contributed by atoms with E-state index in [-0.39, 0.29) is 24.9 Å². The average Bonchev–Trinajstić information content (AvgIpc) is 3.43. The van der Waals surface area contributed by atoms with Crippen molar-refractivity contribution in [3.8, 4) is 17.2 Å². The summed E-state index contributed by atoms with van der Waals surface area (Å²) in [5.41, 5.74) is 5.12. The maximum absolute atomic E-state index is 13.5. The molecule has 1 heterocycles. The monoisotopic (exact) mass is 604 g/mol. The van der Waals surface area contributed by atoms with Crippen molar-refractivity contribution in [1.29, 1.82) is 0 Å². The first-order chi connectivity index (χ1) is 18.0. The minimum atomic E-state index is -0.374. The van der Waals surface area contributed by atoms with Gasteiger partial charge in [0.05, 0.1) is 21.9 Å². The van der Waals surface area contributed by atoms with Gasteiger partial charge in [0.2, 0.25) is 0 Å². The molecule has 0 saturated carbocycles. The van der Waals surface area contributed by atoms with Gasteiger partial charge in [-0.25, -0.2) is 9.82 Å². The summed E-state index contributed by atoms with van der Waals surface area (Å²) in [6.45, 7) is 2.33. The van der Waals surface area contributed by atoms with Gasteiger partial charge in [-0.3, -0.25) is 4.79 Å². The zero-order valence-electron chi connectivity index (χ0n) is 20.1. The van der Waals surface area contributed by atoms with Gasteiger partial charge in [-0.05, 0) is 75.9 Å². The number of nitrogens with one attached hydrogen (secondary N) is 1. The van der Waals surface area contributed by atoms with E-state index in [0.717, 1.165) is 0 Å². The number of amides is 1. The molecule has 0 atom stereocenters. The third-order valence-corrected chi connectivity index (χ3v) is 8.84. The highest BCUT2D eigenvalue weighted by atomic mass is 79.9. The Morgan fingerprint density at radius 3 is 2.62 bits per heavy atom. The highest BCUT2D eigenvalue weighted by Crippen LogP contribution is 2.45. The molecule has 0 radical (unpaired) electrons. The SMILES string of the molecule is CCOc1cc(/C=N\NC(=O)COc2ccc(C3SCCS3)cc2)cc(Br)c1OCc1cccc(F)c1. The molecule has 3 aromatic carbocycles. The molecule has 194 valence electrons. The highest BCUT2D eigenvalue weighted by molar-refractivity contribution is 9.10. The van der Waals surface area contributed by atoms with Crippen LogP contribution >= 0.6 is 39.5 Å². The van der Waals surface area contributed by atoms with Crippen LogP contribution in [0.4, 0.5) is 4.39 Å². The Morgan fingerprint density at radius 1 is 1.11 bits per heavy atom. The first kappa shape index (κ1) is 27.3. The van der Waals surface area contributed by atoms with Crippen LogP contribution in [0.1, 0.15) is 28.2 Å². The number of hydrogen-bond acceptors (Lipinski definition) is 7. The molecule has 1 aliphatic heterocycles. The van der Waals surface area contributed by atoms with Gasteiger partial charge in [-0.1, -0.05) is 24.3 Å². The Kier molecular flexibility index (Phi) is 10.2. The number of hydrazone groups is 1. The molecule has 0 aliphatic carbocycles. The number of benzene rings is 3. The van der Waals surface area contributed by atoms with Crippen LogP contribution in [0.5, 0.6) is 17.2 Å². The summed E-state index contributed by atoms with van der Waals surface area (Å²) in [6, 6.07) is 17.6. The molecule has 10 heteroatoms. The molecule has 0 spiro atoms. The Balaban J connectivity index is 1.30. The van der Waals surface area contributed by atoms with Gasteiger partial charge in [-0.2, -0.15) is 5.10 Å². The van der Waals surface area contributed by atoms with Crippen molar-refractivity contribution in [2.24, 2.45) is 5.10 Å². The topological polar surface area (TPSA) is 69.2 Å². The van der Waals surface area contributed by atoms with E-state index in [4.69, 9.17) is 14.2 Å². The summed E-state index contributed by atoms with van der Waals surface area (Å²) in [5, 5.41) is 4.03. The van der Waals surface area contributed by atoms with Crippen LogP contribution in [-0.2, 0) is 11.4 Å². The molecule has 1 saturated heterocycles. The molecule has 1 aliphatic rings. The zero-order valence-corrected chi connectivity index (χ0v) is 23.3. The summed E-state index contributed by atoms with van der Waals surface area (Å²) in [4.78, 5) is 12.2. The second-order valence-corrected chi connectivity index (χ2v) is 11.5. The lowest BCUT2D eigenvalue weighted by Gasteiger charge is -2.14. The second kappa shape index (κ2) is 13.7. The van der Waals surface area contributed by atoms with E-state index in [0.29, 0.717) is 44.0 Å². The number of nitrogens with zero attached hydrogens (tertiary/aromatic N) is 1. The molecular weight excluding hydrogens is 579 g/mol. The van der Waals surface area contributed by atoms with E-state index >= 15 is 0 Å². The Labute approximate surface area is 232 Å². The van der Waals surface area contributed by atoms with Crippen LogP contribution in [0.3, 0.4) is 0 Å². The van der Waals surface area contributed by atoms with Crippen LogP contribution in [-0.4, -0.2) is 36.8 Å². The molecule has 0 unspecified atom stereocenters. The minimum absolute atomic E-state index is 0.148. The smallest absolute Gasteiger partial charge is 0.277 e. The largest absolute Gasteiger partial charge is 0.490 e. The number of ether oxygens (including phenoxy) is 3. The van der Waals surface area contributed by atoms with Gasteiger partial charge in [0.1, 0.15) is 18.2 Å². The fraction of sp³-hybridized carbons (Fsp3) is 0.259. The van der Waals surface area contributed by atoms with Crippen molar-refractivity contribution in [1.82, 2.24) is 5.43 Å². The highest BCUT2D eigenvalue weighted by Gasteiger charge is 2.18. The van der Waals surface area contributed by atoms with Gasteiger partial charge in [-0.15, -0.1) is 23.5 Å². The molecule has 1 fully saturated rings. The van der Waals surface area contributed by atoms with Crippen molar-refractivity contribution in [2.45, 2.75) is 18.1 Å². The fourth-order valence-electron chi connectivity index (χ4n) is 3.48. The van der Waals surface area contributed by atoms with Crippen molar-refractivity contribution in [3.63, 3.8) is 0 Å². The van der Waals surface area contributed by atoms with Crippen LogP contribution in [0, 0.1) is 5.82 Å². The fourth-order valence-corrected chi connectivity index (χ4v) is 6.91. The lowest BCUT2D eigenvalue weighted by Crippen LogP contribution is -2.24. The van der Waals surface area contributed by atoms with Crippen molar-refractivity contribution < 1.29 is 23.4 Å². The Morgan fingerprint density at radius 2 is 1.89 bits per heavy atom. The maximum Gasteiger partial charge on any atom is 0.277 e. The minimum Gasteiger partial charge on any atom is -0.490 e. The van der Waals surface area contributed by atoms with E-state index in [2.05, 4.69) is 26.5 Å². The number of hydrogen-bond donors (Lipinski definition) is 1.